The van der Waals surface area contributed by atoms with Gasteiger partial charge in [-0.3, -0.25) is 4.79 Å². The first kappa shape index (κ1) is 16.2. The molecular weight excluding hydrogens is 334 g/mol. The molecule has 1 aliphatic heterocycles. The van der Waals surface area contributed by atoms with Gasteiger partial charge in [-0.25, -0.2) is 0 Å². The van der Waals surface area contributed by atoms with Crippen molar-refractivity contribution in [2.45, 2.75) is 75.7 Å². The van der Waals surface area contributed by atoms with Crippen molar-refractivity contribution in [3.63, 3.8) is 0 Å². The highest BCUT2D eigenvalue weighted by molar-refractivity contribution is 7.15. The van der Waals surface area contributed by atoms with E-state index in [2.05, 4.69) is 15.5 Å². The fourth-order valence-electron chi connectivity index (χ4n) is 6.21. The minimum Gasteiger partial charge on any atom is -0.378 e. The van der Waals surface area contributed by atoms with E-state index >= 15 is 0 Å². The Morgan fingerprint density at radius 1 is 1.16 bits per heavy atom. The highest BCUT2D eigenvalue weighted by atomic mass is 32.1. The lowest BCUT2D eigenvalue weighted by atomic mass is 9.50. The number of anilines is 1. The minimum atomic E-state index is 0.0451. The van der Waals surface area contributed by atoms with Gasteiger partial charge in [-0.15, -0.1) is 10.2 Å². The molecule has 4 saturated carbocycles. The molecule has 1 atom stereocenters. The van der Waals surface area contributed by atoms with Crippen LogP contribution in [0.2, 0.25) is 0 Å². The molecule has 2 heterocycles. The summed E-state index contributed by atoms with van der Waals surface area (Å²) in [6, 6.07) is 0. The summed E-state index contributed by atoms with van der Waals surface area (Å²) >= 11 is 1.62. The minimum absolute atomic E-state index is 0.0451. The highest BCUT2D eigenvalue weighted by Crippen LogP contribution is 2.61. The van der Waals surface area contributed by atoms with Gasteiger partial charge in [0, 0.05) is 18.4 Å². The van der Waals surface area contributed by atoms with Gasteiger partial charge in [0.1, 0.15) is 5.01 Å². The van der Waals surface area contributed by atoms with Gasteiger partial charge < -0.3 is 10.1 Å². The molecule has 1 saturated heterocycles. The second-order valence-corrected chi connectivity index (χ2v) is 9.81. The average molecular weight is 362 g/mol. The Hall–Kier alpha value is -1.01. The Morgan fingerprint density at radius 3 is 2.52 bits per heavy atom. The molecule has 6 heteroatoms. The van der Waals surface area contributed by atoms with Crippen LogP contribution < -0.4 is 5.32 Å². The number of carbonyl (C=O) groups excluding carboxylic acids is 1. The Balaban J connectivity index is 1.22. The van der Waals surface area contributed by atoms with Crippen LogP contribution in [0.15, 0.2) is 0 Å². The number of amides is 1. The molecule has 1 aromatic heterocycles. The summed E-state index contributed by atoms with van der Waals surface area (Å²) in [5, 5.41) is 13.7. The molecule has 0 radical (unpaired) electrons. The summed E-state index contributed by atoms with van der Waals surface area (Å²) in [4.78, 5) is 12.2. The molecule has 0 aromatic carbocycles. The third kappa shape index (κ3) is 3.12. The van der Waals surface area contributed by atoms with E-state index in [9.17, 15) is 4.79 Å². The second kappa shape index (κ2) is 6.31. The summed E-state index contributed by atoms with van der Waals surface area (Å²) in [7, 11) is 0. The van der Waals surface area contributed by atoms with Crippen molar-refractivity contribution in [3.05, 3.63) is 5.01 Å². The van der Waals surface area contributed by atoms with Crippen LogP contribution in [0.1, 0.15) is 69.2 Å². The summed E-state index contributed by atoms with van der Waals surface area (Å²) < 4.78 is 5.59. The number of rotatable bonds is 5. The smallest absolute Gasteiger partial charge is 0.226 e. The van der Waals surface area contributed by atoms with Gasteiger partial charge in [0.15, 0.2) is 0 Å². The number of aromatic nitrogens is 2. The summed E-state index contributed by atoms with van der Waals surface area (Å²) in [5.41, 5.74) is 0.271. The fraction of sp³-hybridized carbons (Fsp3) is 0.842. The predicted octanol–water partition coefficient (Wildman–Crippen LogP) is 3.90. The lowest BCUT2D eigenvalue weighted by molar-refractivity contribution is -0.116. The summed E-state index contributed by atoms with van der Waals surface area (Å²) in [5.74, 6) is 2.75. The van der Waals surface area contributed by atoms with Crippen molar-refractivity contribution in [3.8, 4) is 0 Å². The Bertz CT molecular complexity index is 618. The zero-order chi connectivity index (χ0) is 16.9. The van der Waals surface area contributed by atoms with E-state index in [0.29, 0.717) is 11.6 Å². The zero-order valence-electron chi connectivity index (χ0n) is 14.7. The maximum Gasteiger partial charge on any atom is 0.226 e. The van der Waals surface area contributed by atoms with Crippen LogP contribution in [0.4, 0.5) is 5.13 Å². The number of nitrogens with zero attached hydrogens (tertiary/aromatic N) is 2. The van der Waals surface area contributed by atoms with Crippen LogP contribution in [-0.2, 0) is 14.9 Å². The third-order valence-electron chi connectivity index (χ3n) is 6.88. The van der Waals surface area contributed by atoms with Gasteiger partial charge in [0.05, 0.1) is 6.10 Å². The van der Waals surface area contributed by atoms with Crippen LogP contribution in [0.3, 0.4) is 0 Å². The van der Waals surface area contributed by atoms with Gasteiger partial charge in [0.25, 0.3) is 0 Å². The van der Waals surface area contributed by atoms with Gasteiger partial charge in [-0.05, 0) is 75.5 Å². The third-order valence-corrected chi connectivity index (χ3v) is 7.97. The van der Waals surface area contributed by atoms with Crippen LogP contribution in [0.5, 0.6) is 0 Å². The normalized spacial score (nSPS) is 39.0. The Kier molecular flexibility index (Phi) is 4.08. The summed E-state index contributed by atoms with van der Waals surface area (Å²) in [6.07, 6.45) is 12.0. The number of ether oxygens (including phenoxy) is 1. The van der Waals surface area contributed by atoms with Crippen LogP contribution in [0.25, 0.3) is 0 Å². The molecule has 4 bridgehead atoms. The van der Waals surface area contributed by atoms with E-state index in [1.54, 1.807) is 11.3 Å². The molecule has 1 N–H and O–H groups in total. The van der Waals surface area contributed by atoms with Crippen molar-refractivity contribution < 1.29 is 9.53 Å². The number of hydrogen-bond acceptors (Lipinski definition) is 5. The molecule has 0 spiro atoms. The first-order valence-electron chi connectivity index (χ1n) is 9.94. The van der Waals surface area contributed by atoms with Crippen molar-refractivity contribution in [1.82, 2.24) is 10.2 Å². The maximum absolute atomic E-state index is 12.2. The maximum atomic E-state index is 12.2. The lowest BCUT2D eigenvalue weighted by Crippen LogP contribution is -2.48. The van der Waals surface area contributed by atoms with Crippen molar-refractivity contribution in [2.75, 3.05) is 11.9 Å². The lowest BCUT2D eigenvalue weighted by Gasteiger charge is -2.55. The number of carbonyl (C=O) groups is 1. The molecule has 4 aliphatic carbocycles. The first-order chi connectivity index (χ1) is 12.2. The highest BCUT2D eigenvalue weighted by Gasteiger charge is 2.53. The monoisotopic (exact) mass is 361 g/mol. The van der Waals surface area contributed by atoms with Gasteiger partial charge in [0.2, 0.25) is 11.0 Å². The molecule has 5 aliphatic rings. The molecule has 5 fully saturated rings. The largest absolute Gasteiger partial charge is 0.378 e. The molecule has 1 aromatic rings. The predicted molar refractivity (Wildman–Crippen MR) is 96.6 cm³/mol. The van der Waals surface area contributed by atoms with E-state index in [4.69, 9.17) is 4.74 Å². The van der Waals surface area contributed by atoms with E-state index in [1.807, 2.05) is 0 Å². The van der Waals surface area contributed by atoms with Gasteiger partial charge in [-0.1, -0.05) is 11.3 Å². The average Bonchev–Trinajstić information content (AvgIpc) is 3.23. The summed E-state index contributed by atoms with van der Waals surface area (Å²) in [6.45, 7) is 0.844. The zero-order valence-corrected chi connectivity index (χ0v) is 15.5. The van der Waals surface area contributed by atoms with E-state index in [-0.39, 0.29) is 17.4 Å². The molecule has 1 amide bonds. The molecule has 25 heavy (non-hydrogen) atoms. The number of hydrogen-bond donors (Lipinski definition) is 1. The molecular formula is C19H27N3O2S. The SMILES string of the molecule is O=C(CCC1CCCO1)Nc1nnc(C23CC4CC(CC(C4)C2)C3)s1. The van der Waals surface area contributed by atoms with Crippen molar-refractivity contribution in [2.24, 2.45) is 17.8 Å². The fourth-order valence-corrected chi connectivity index (χ4v) is 7.18. The standard InChI is InChI=1S/C19H27N3O2S/c23-16(4-3-15-2-1-5-24-15)20-18-22-21-17(25-18)19-9-12-6-13(10-19)8-14(7-12)11-19/h12-15H,1-11H2,(H,20,22,23). The Morgan fingerprint density at radius 2 is 1.88 bits per heavy atom. The van der Waals surface area contributed by atoms with E-state index < -0.39 is 0 Å². The van der Waals surface area contributed by atoms with Gasteiger partial charge >= 0.3 is 0 Å². The molecule has 6 rings (SSSR count). The van der Waals surface area contributed by atoms with Gasteiger partial charge in [-0.2, -0.15) is 0 Å². The van der Waals surface area contributed by atoms with E-state index in [0.717, 1.165) is 43.6 Å². The first-order valence-corrected chi connectivity index (χ1v) is 10.8. The van der Waals surface area contributed by atoms with Crippen molar-refractivity contribution in [1.29, 1.82) is 0 Å². The topological polar surface area (TPSA) is 64.1 Å². The number of nitrogens with one attached hydrogen (secondary N) is 1. The Labute approximate surface area is 152 Å². The van der Waals surface area contributed by atoms with Crippen LogP contribution >= 0.6 is 11.3 Å². The quantitative estimate of drug-likeness (QED) is 0.864. The molecule has 5 nitrogen and oxygen atoms in total. The molecule has 136 valence electrons. The van der Waals surface area contributed by atoms with Crippen LogP contribution in [-0.4, -0.2) is 28.8 Å². The molecule has 1 unspecified atom stereocenters. The van der Waals surface area contributed by atoms with E-state index in [1.165, 1.54) is 43.5 Å². The van der Waals surface area contributed by atoms with Crippen molar-refractivity contribution >= 4 is 22.4 Å². The van der Waals surface area contributed by atoms with Crippen LogP contribution in [0, 0.1) is 17.8 Å². The second-order valence-electron chi connectivity index (χ2n) is 8.83.